The largest absolute Gasteiger partial charge is 0.481 e. The van der Waals surface area contributed by atoms with Crippen LogP contribution < -0.4 is 15.4 Å². The lowest BCUT2D eigenvalue weighted by atomic mass is 10.2. The van der Waals surface area contributed by atoms with Gasteiger partial charge >= 0.3 is 0 Å². The van der Waals surface area contributed by atoms with Crippen LogP contribution in [-0.4, -0.2) is 24.5 Å². The number of carbonyl (C=O) groups is 2. The number of nitrogens with one attached hydrogen (secondary N) is 2. The van der Waals surface area contributed by atoms with Gasteiger partial charge in [-0.05, 0) is 49.7 Å². The van der Waals surface area contributed by atoms with Gasteiger partial charge in [0.25, 0.3) is 5.91 Å². The van der Waals surface area contributed by atoms with Crippen LogP contribution in [0.2, 0.25) is 5.02 Å². The first kappa shape index (κ1) is 17.9. The Bertz CT molecular complexity index is 701. The first-order valence-corrected chi connectivity index (χ1v) is 7.83. The number of benzene rings is 1. The van der Waals surface area contributed by atoms with Crippen molar-refractivity contribution in [1.82, 2.24) is 10.6 Å². The molecule has 2 N–H and O–H groups in total. The van der Waals surface area contributed by atoms with Crippen molar-refractivity contribution in [2.45, 2.75) is 26.5 Å². The molecule has 2 aromatic rings. The SMILES string of the molecule is Cc1cc(Cl)ccc1OC(C)C(=O)NCC(=O)NCc1ccco1. The van der Waals surface area contributed by atoms with E-state index in [1.165, 1.54) is 6.26 Å². The minimum absolute atomic E-state index is 0.132. The molecule has 1 unspecified atom stereocenters. The summed E-state index contributed by atoms with van der Waals surface area (Å²) in [6, 6.07) is 8.64. The average molecular weight is 351 g/mol. The second-order valence-corrected chi connectivity index (χ2v) is 5.68. The van der Waals surface area contributed by atoms with Crippen LogP contribution in [0.15, 0.2) is 41.0 Å². The molecule has 0 aliphatic rings. The predicted molar refractivity (Wildman–Crippen MR) is 89.8 cm³/mol. The third kappa shape index (κ3) is 5.31. The van der Waals surface area contributed by atoms with Gasteiger partial charge in [-0.1, -0.05) is 11.6 Å². The summed E-state index contributed by atoms with van der Waals surface area (Å²) in [5.41, 5.74) is 0.832. The van der Waals surface area contributed by atoms with E-state index in [1.54, 1.807) is 37.3 Å². The van der Waals surface area contributed by atoms with E-state index >= 15 is 0 Å². The molecule has 2 amide bonds. The molecule has 0 saturated heterocycles. The van der Waals surface area contributed by atoms with Crippen molar-refractivity contribution in [1.29, 1.82) is 0 Å². The van der Waals surface area contributed by atoms with Crippen molar-refractivity contribution < 1.29 is 18.7 Å². The van der Waals surface area contributed by atoms with Gasteiger partial charge in [-0.2, -0.15) is 0 Å². The van der Waals surface area contributed by atoms with Crippen LogP contribution >= 0.6 is 11.6 Å². The maximum absolute atomic E-state index is 12.0. The number of furan rings is 1. The second kappa shape index (κ2) is 8.40. The summed E-state index contributed by atoms with van der Waals surface area (Å²) in [7, 11) is 0. The lowest BCUT2D eigenvalue weighted by Crippen LogP contribution is -2.42. The van der Waals surface area contributed by atoms with E-state index in [0.717, 1.165) is 5.56 Å². The van der Waals surface area contributed by atoms with Gasteiger partial charge in [0.05, 0.1) is 19.4 Å². The lowest BCUT2D eigenvalue weighted by Gasteiger charge is -2.16. The maximum Gasteiger partial charge on any atom is 0.261 e. The molecule has 0 bridgehead atoms. The molecule has 128 valence electrons. The van der Waals surface area contributed by atoms with Crippen molar-refractivity contribution >= 4 is 23.4 Å². The van der Waals surface area contributed by atoms with Gasteiger partial charge in [0, 0.05) is 5.02 Å². The molecule has 7 heteroatoms. The molecule has 0 radical (unpaired) electrons. The summed E-state index contributed by atoms with van der Waals surface area (Å²) in [6.45, 7) is 3.60. The number of hydrogen-bond acceptors (Lipinski definition) is 4. The van der Waals surface area contributed by atoms with Crippen molar-refractivity contribution in [2.24, 2.45) is 0 Å². The Kier molecular flexibility index (Phi) is 6.26. The molecule has 0 aliphatic heterocycles. The molecule has 24 heavy (non-hydrogen) atoms. The van der Waals surface area contributed by atoms with Crippen LogP contribution in [0.4, 0.5) is 0 Å². The van der Waals surface area contributed by atoms with Crippen molar-refractivity contribution in [3.63, 3.8) is 0 Å². The Balaban J connectivity index is 1.75. The summed E-state index contributed by atoms with van der Waals surface area (Å²) >= 11 is 5.88. The standard InChI is InChI=1S/C17H19ClN2O4/c1-11-8-13(18)5-6-15(11)24-12(2)17(22)20-10-16(21)19-9-14-4-3-7-23-14/h3-8,12H,9-10H2,1-2H3,(H,19,21)(H,20,22). The number of aryl methyl sites for hydroxylation is 1. The molecule has 1 heterocycles. The molecule has 2 rings (SSSR count). The molecule has 1 aromatic carbocycles. The van der Waals surface area contributed by atoms with Gasteiger partial charge in [-0.25, -0.2) is 0 Å². The van der Waals surface area contributed by atoms with Crippen molar-refractivity contribution in [2.75, 3.05) is 6.54 Å². The zero-order chi connectivity index (χ0) is 17.5. The van der Waals surface area contributed by atoms with E-state index in [4.69, 9.17) is 20.8 Å². The monoisotopic (exact) mass is 350 g/mol. The van der Waals surface area contributed by atoms with Gasteiger partial charge in [-0.15, -0.1) is 0 Å². The van der Waals surface area contributed by atoms with E-state index in [0.29, 0.717) is 16.5 Å². The number of rotatable bonds is 7. The Morgan fingerprint density at radius 2 is 2.08 bits per heavy atom. The first-order valence-electron chi connectivity index (χ1n) is 7.45. The fourth-order valence-corrected chi connectivity index (χ4v) is 2.19. The molecule has 0 saturated carbocycles. The molecule has 6 nitrogen and oxygen atoms in total. The summed E-state index contributed by atoms with van der Waals surface area (Å²) in [5.74, 6) is 0.529. The number of halogens is 1. The maximum atomic E-state index is 12.0. The average Bonchev–Trinajstić information content (AvgIpc) is 3.06. The fourth-order valence-electron chi connectivity index (χ4n) is 1.96. The zero-order valence-corrected chi connectivity index (χ0v) is 14.2. The second-order valence-electron chi connectivity index (χ2n) is 5.24. The molecular formula is C17H19ClN2O4. The van der Waals surface area contributed by atoms with E-state index in [2.05, 4.69) is 10.6 Å². The number of amides is 2. The minimum Gasteiger partial charge on any atom is -0.481 e. The van der Waals surface area contributed by atoms with E-state index in [-0.39, 0.29) is 24.9 Å². The first-order chi connectivity index (χ1) is 11.5. The molecule has 0 aliphatic carbocycles. The molecule has 0 fully saturated rings. The number of hydrogen-bond donors (Lipinski definition) is 2. The molecule has 1 aromatic heterocycles. The van der Waals surface area contributed by atoms with Gasteiger partial charge in [-0.3, -0.25) is 9.59 Å². The Labute approximate surface area is 145 Å². The van der Waals surface area contributed by atoms with Crippen LogP contribution in [0, 0.1) is 6.92 Å². The Hall–Kier alpha value is -2.47. The number of carbonyl (C=O) groups excluding carboxylic acids is 2. The van der Waals surface area contributed by atoms with Gasteiger partial charge in [0.2, 0.25) is 5.91 Å². The third-order valence-corrected chi connectivity index (χ3v) is 3.51. The topological polar surface area (TPSA) is 80.6 Å². The van der Waals surface area contributed by atoms with Crippen LogP contribution in [0.5, 0.6) is 5.75 Å². The quantitative estimate of drug-likeness (QED) is 0.803. The number of ether oxygens (including phenoxy) is 1. The van der Waals surface area contributed by atoms with Crippen LogP contribution in [0.25, 0.3) is 0 Å². The van der Waals surface area contributed by atoms with E-state index in [9.17, 15) is 9.59 Å². The highest BCUT2D eigenvalue weighted by Crippen LogP contribution is 2.22. The summed E-state index contributed by atoms with van der Waals surface area (Å²) in [5, 5.41) is 5.77. The highest BCUT2D eigenvalue weighted by Gasteiger charge is 2.16. The molecule has 0 spiro atoms. The van der Waals surface area contributed by atoms with Crippen LogP contribution in [-0.2, 0) is 16.1 Å². The van der Waals surface area contributed by atoms with Gasteiger partial charge in [0.1, 0.15) is 11.5 Å². The van der Waals surface area contributed by atoms with Crippen LogP contribution in [0.3, 0.4) is 0 Å². The smallest absolute Gasteiger partial charge is 0.261 e. The molecular weight excluding hydrogens is 332 g/mol. The summed E-state index contributed by atoms with van der Waals surface area (Å²) in [6.07, 6.45) is 0.795. The van der Waals surface area contributed by atoms with Crippen LogP contribution in [0.1, 0.15) is 18.2 Å². The van der Waals surface area contributed by atoms with Crippen molar-refractivity contribution in [3.8, 4) is 5.75 Å². The molecule has 1 atom stereocenters. The third-order valence-electron chi connectivity index (χ3n) is 3.27. The highest BCUT2D eigenvalue weighted by atomic mass is 35.5. The summed E-state index contributed by atoms with van der Waals surface area (Å²) < 4.78 is 10.7. The predicted octanol–water partition coefficient (Wildman–Crippen LogP) is 2.44. The van der Waals surface area contributed by atoms with Crippen molar-refractivity contribution in [3.05, 3.63) is 52.9 Å². The van der Waals surface area contributed by atoms with E-state index in [1.807, 2.05) is 6.92 Å². The normalized spacial score (nSPS) is 11.6. The fraction of sp³-hybridized carbons (Fsp3) is 0.294. The van der Waals surface area contributed by atoms with E-state index < -0.39 is 6.10 Å². The van der Waals surface area contributed by atoms with Gasteiger partial charge in [0.15, 0.2) is 6.10 Å². The minimum atomic E-state index is -0.734. The zero-order valence-electron chi connectivity index (χ0n) is 13.5. The Morgan fingerprint density at radius 1 is 1.29 bits per heavy atom. The summed E-state index contributed by atoms with van der Waals surface area (Å²) in [4.78, 5) is 23.7. The Morgan fingerprint density at radius 3 is 2.75 bits per heavy atom. The lowest BCUT2D eigenvalue weighted by molar-refractivity contribution is -0.130. The highest BCUT2D eigenvalue weighted by molar-refractivity contribution is 6.30. The van der Waals surface area contributed by atoms with Gasteiger partial charge < -0.3 is 19.8 Å².